The minimum Gasteiger partial charge on any atom is -0.353 e. The van der Waals surface area contributed by atoms with Gasteiger partial charge in [-0.1, -0.05) is 13.8 Å². The molecule has 1 fully saturated rings. The van der Waals surface area contributed by atoms with Gasteiger partial charge in [0.15, 0.2) is 5.34 Å². The third-order valence-corrected chi connectivity index (χ3v) is 3.86. The fourth-order valence-corrected chi connectivity index (χ4v) is 2.62. The topological polar surface area (TPSA) is 70.1 Å². The first-order valence-corrected chi connectivity index (χ1v) is 5.32. The van der Waals surface area contributed by atoms with Crippen LogP contribution < -0.4 is 0 Å². The molecule has 66 valence electrons. The van der Waals surface area contributed by atoms with E-state index in [0.29, 0.717) is 12.8 Å². The highest BCUT2D eigenvalue weighted by Gasteiger charge is 2.65. The van der Waals surface area contributed by atoms with Crippen molar-refractivity contribution < 1.29 is 19.1 Å². The van der Waals surface area contributed by atoms with E-state index < -0.39 is 12.9 Å². The fraction of sp³-hybridized carbons (Fsp3) is 1.00. The zero-order valence-electron chi connectivity index (χ0n) is 6.65. The van der Waals surface area contributed by atoms with Crippen LogP contribution in [0.3, 0.4) is 0 Å². The maximum Gasteiger partial charge on any atom is 0.359 e. The minimum atomic E-state index is -4.05. The lowest BCUT2D eigenvalue weighted by atomic mass is 10.2. The van der Waals surface area contributed by atoms with Crippen molar-refractivity contribution in [2.45, 2.75) is 38.1 Å². The summed E-state index contributed by atoms with van der Waals surface area (Å²) in [5.74, 6) is 0. The zero-order valence-corrected chi connectivity index (χ0v) is 7.54. The van der Waals surface area contributed by atoms with Gasteiger partial charge in [-0.2, -0.15) is 0 Å². The molecule has 0 bridgehead atoms. The Hall–Kier alpha value is 0.110. The van der Waals surface area contributed by atoms with E-state index in [9.17, 15) is 4.57 Å². The summed E-state index contributed by atoms with van der Waals surface area (Å²) < 4.78 is 15.9. The molecule has 5 heteroatoms. The van der Waals surface area contributed by atoms with E-state index in [0.717, 1.165) is 0 Å². The average molecular weight is 180 g/mol. The highest BCUT2D eigenvalue weighted by atomic mass is 31.2. The molecule has 1 saturated heterocycles. The van der Waals surface area contributed by atoms with Crippen LogP contribution >= 0.6 is 7.60 Å². The molecule has 11 heavy (non-hydrogen) atoms. The van der Waals surface area contributed by atoms with Crippen LogP contribution in [-0.4, -0.2) is 21.2 Å². The molecule has 2 atom stereocenters. The summed E-state index contributed by atoms with van der Waals surface area (Å²) in [6, 6.07) is 0. The molecule has 0 aliphatic carbocycles. The van der Waals surface area contributed by atoms with Crippen LogP contribution in [0.2, 0.25) is 0 Å². The largest absolute Gasteiger partial charge is 0.359 e. The van der Waals surface area contributed by atoms with Crippen LogP contribution in [0, 0.1) is 0 Å². The van der Waals surface area contributed by atoms with Crippen molar-refractivity contribution in [1.82, 2.24) is 0 Å². The normalized spacial score (nSPS) is 37.3. The second kappa shape index (κ2) is 2.56. The summed E-state index contributed by atoms with van der Waals surface area (Å²) in [6.45, 7) is 3.59. The van der Waals surface area contributed by atoms with Gasteiger partial charge in [0, 0.05) is 0 Å². The Morgan fingerprint density at radius 1 is 1.55 bits per heavy atom. The van der Waals surface area contributed by atoms with Crippen molar-refractivity contribution in [1.29, 1.82) is 0 Å². The molecule has 0 saturated carbocycles. The second-order valence-electron chi connectivity index (χ2n) is 2.76. The summed E-state index contributed by atoms with van der Waals surface area (Å²) in [5, 5.41) is -1.14. The minimum absolute atomic E-state index is 0.242. The standard InChI is InChI=1S/C6H13O4P/c1-3-5-6(4-2,10-5)11(7,8)9/h5H,3-4H2,1-2H3,(H2,7,8,9). The molecule has 0 radical (unpaired) electrons. The summed E-state index contributed by atoms with van der Waals surface area (Å²) >= 11 is 0. The average Bonchev–Trinajstić information content (AvgIpc) is 2.60. The third kappa shape index (κ3) is 1.25. The van der Waals surface area contributed by atoms with Crippen LogP contribution in [-0.2, 0) is 9.30 Å². The van der Waals surface area contributed by atoms with Crippen molar-refractivity contribution in [2.75, 3.05) is 0 Å². The molecule has 1 aliphatic heterocycles. The summed E-state index contributed by atoms with van der Waals surface area (Å²) in [7, 11) is -4.05. The first-order chi connectivity index (χ1) is 4.98. The Bertz CT molecular complexity index is 199. The molecule has 1 aliphatic rings. The number of epoxide rings is 1. The van der Waals surface area contributed by atoms with Crippen LogP contribution in [0.1, 0.15) is 26.7 Å². The van der Waals surface area contributed by atoms with E-state index in [1.165, 1.54) is 0 Å². The first kappa shape index (κ1) is 9.20. The lowest BCUT2D eigenvalue weighted by molar-refractivity contribution is 0.278. The molecule has 0 aromatic carbocycles. The molecule has 4 nitrogen and oxygen atoms in total. The van der Waals surface area contributed by atoms with Crippen LogP contribution in [0.5, 0.6) is 0 Å². The van der Waals surface area contributed by atoms with Crippen LogP contribution in [0.15, 0.2) is 0 Å². The maximum atomic E-state index is 10.9. The Morgan fingerprint density at radius 2 is 2.09 bits per heavy atom. The Labute approximate surface area is 65.7 Å². The lowest BCUT2D eigenvalue weighted by Gasteiger charge is -2.11. The molecular weight excluding hydrogens is 167 g/mol. The molecule has 2 N–H and O–H groups in total. The fourth-order valence-electron chi connectivity index (χ4n) is 1.39. The molecule has 0 aromatic rings. The van der Waals surface area contributed by atoms with Crippen molar-refractivity contribution in [3.63, 3.8) is 0 Å². The predicted octanol–water partition coefficient (Wildman–Crippen LogP) is 1.08. The third-order valence-electron chi connectivity index (χ3n) is 2.16. The van der Waals surface area contributed by atoms with Gasteiger partial charge in [0.1, 0.15) is 0 Å². The summed E-state index contributed by atoms with van der Waals surface area (Å²) in [4.78, 5) is 17.8. The van der Waals surface area contributed by atoms with Crippen molar-refractivity contribution in [2.24, 2.45) is 0 Å². The number of hydrogen-bond donors (Lipinski definition) is 2. The summed E-state index contributed by atoms with van der Waals surface area (Å²) in [6.07, 6.45) is 0.808. The molecule has 2 unspecified atom stereocenters. The maximum absolute atomic E-state index is 10.9. The van der Waals surface area contributed by atoms with Crippen LogP contribution in [0.4, 0.5) is 0 Å². The van der Waals surface area contributed by atoms with Crippen molar-refractivity contribution in [3.8, 4) is 0 Å². The van der Waals surface area contributed by atoms with Crippen molar-refractivity contribution >= 4 is 7.60 Å². The van der Waals surface area contributed by atoms with Gasteiger partial charge >= 0.3 is 7.60 Å². The van der Waals surface area contributed by atoms with Gasteiger partial charge in [0.25, 0.3) is 0 Å². The van der Waals surface area contributed by atoms with E-state index in [1.807, 2.05) is 6.92 Å². The Kier molecular flexibility index (Phi) is 2.14. The monoisotopic (exact) mass is 180 g/mol. The summed E-state index contributed by atoms with van der Waals surface area (Å²) in [5.41, 5.74) is 0. The van der Waals surface area contributed by atoms with E-state index in [1.54, 1.807) is 6.92 Å². The van der Waals surface area contributed by atoms with E-state index in [4.69, 9.17) is 14.5 Å². The van der Waals surface area contributed by atoms with Gasteiger partial charge in [-0.15, -0.1) is 0 Å². The van der Waals surface area contributed by atoms with E-state index in [2.05, 4.69) is 0 Å². The number of hydrogen-bond acceptors (Lipinski definition) is 2. The Balaban J connectivity index is 2.75. The van der Waals surface area contributed by atoms with E-state index >= 15 is 0 Å². The van der Waals surface area contributed by atoms with Gasteiger partial charge in [0.2, 0.25) is 0 Å². The van der Waals surface area contributed by atoms with Gasteiger partial charge in [-0.05, 0) is 12.8 Å². The highest BCUT2D eigenvalue weighted by Crippen LogP contribution is 2.65. The first-order valence-electron chi connectivity index (χ1n) is 3.71. The number of ether oxygens (including phenoxy) is 1. The molecule has 1 heterocycles. The van der Waals surface area contributed by atoms with Gasteiger partial charge < -0.3 is 14.5 Å². The quantitative estimate of drug-likeness (QED) is 0.503. The second-order valence-corrected chi connectivity index (χ2v) is 4.60. The molecular formula is C6H13O4P. The molecule has 0 amide bonds. The lowest BCUT2D eigenvalue weighted by Crippen LogP contribution is -2.13. The molecule has 0 spiro atoms. The van der Waals surface area contributed by atoms with Gasteiger partial charge in [0.05, 0.1) is 6.10 Å². The smallest absolute Gasteiger partial charge is 0.353 e. The van der Waals surface area contributed by atoms with Gasteiger partial charge in [-0.3, -0.25) is 4.57 Å². The molecule has 0 aromatic heterocycles. The Morgan fingerprint density at radius 3 is 2.18 bits per heavy atom. The SMILES string of the molecule is CCC1OC1(CC)P(=O)(O)O. The predicted molar refractivity (Wildman–Crippen MR) is 40.2 cm³/mol. The van der Waals surface area contributed by atoms with Crippen molar-refractivity contribution in [3.05, 3.63) is 0 Å². The van der Waals surface area contributed by atoms with E-state index in [-0.39, 0.29) is 6.10 Å². The molecule has 1 rings (SSSR count). The zero-order chi connectivity index (χ0) is 8.70. The van der Waals surface area contributed by atoms with Crippen LogP contribution in [0.25, 0.3) is 0 Å². The number of rotatable bonds is 3. The highest BCUT2D eigenvalue weighted by molar-refractivity contribution is 7.53. The van der Waals surface area contributed by atoms with Gasteiger partial charge in [-0.25, -0.2) is 0 Å².